The summed E-state index contributed by atoms with van der Waals surface area (Å²) < 4.78 is 29.8. The van der Waals surface area contributed by atoms with E-state index in [1.54, 1.807) is 58.0 Å². The largest absolute Gasteiger partial charge is 0.508 e. The standard InChI is InChI=1S/C100H129ClN14O22S3/c1-54(2)85-95(128)110-75(94(127)112-86(58(6)116)88(103)121)53-140-139-52-74(93(126)107-72(43-59-29-36-68(117)37-30-59)91(124)108-73(47-67-35-34-64-21-14-15-23-69(64)67)92(125)106-70(89(122)111-85)24-16-17-39-102)109-90(123)71(44-61-28-31-63-20-12-13-22-66(63)42-61)104-51-81(118)105-50-60-26-32-65(33-27-60)97(130)138-40-38-82(119)114(8)57(5)96(129)136-80-48-83(120)115(9)76-45-62(46-77(133-10)84(76)101)41-55(3)19-18-25-79(134-11)100(132)49-78(135-98(131)113-100)56(4)87-99(80,7)137-87/h12-15,18-23,25,28-31,35-37,42,45-46,51,54,56-58,60,65,70-75,78-80,85-87,116-117,132H,16-17,24,26-27,32-34,38-41,43-44,47-50,52-53,102H2,1-11H3,(H2,103,121)(H,105,118)(H,106,125)(H,107,126)(H,108,124)(H,109,123)(H,110,128)(H,111,122)(H,112,127)(H,113,131)/b25-18+,55-19+,104-51?/t56-,57+,58-,60?,65?,70+,71-,72+,73-,74+,75-,78+,79-,80+,85+,86+,87+,99+,100+/m1/s1. The summed E-state index contributed by atoms with van der Waals surface area (Å²) in [7, 11) is 7.69. The molecule has 0 spiro atoms. The Morgan fingerprint density at radius 1 is 0.814 bits per heavy atom. The van der Waals surface area contributed by atoms with Gasteiger partial charge in [0.2, 0.25) is 59.1 Å². The summed E-state index contributed by atoms with van der Waals surface area (Å²) in [4.78, 5) is 209. The summed E-state index contributed by atoms with van der Waals surface area (Å²) in [6.07, 6.45) is 3.94. The number of allylic oxidation sites excluding steroid dienone is 4. The number of aromatic hydroxyl groups is 1. The van der Waals surface area contributed by atoms with Crippen LogP contribution in [-0.4, -0.2) is 263 Å². The number of aliphatic imine (C=N–C) groups is 1. The van der Waals surface area contributed by atoms with Gasteiger partial charge in [-0.15, -0.1) is 0 Å². The molecule has 40 heteroatoms. The normalized spacial score (nSPS) is 26.7. The van der Waals surface area contributed by atoms with Gasteiger partial charge in [-0.05, 0) is 172 Å². The fourth-order valence-electron chi connectivity index (χ4n) is 17.8. The predicted molar refractivity (Wildman–Crippen MR) is 533 cm³/mol. The molecule has 6 aliphatic rings. The number of rotatable bonds is 30. The van der Waals surface area contributed by atoms with Gasteiger partial charge in [-0.3, -0.25) is 67.8 Å². The number of primary amides is 1. The minimum atomic E-state index is -1.94. The van der Waals surface area contributed by atoms with Gasteiger partial charge in [-0.2, -0.15) is 0 Å². The Bertz CT molecular complexity index is 5490. The van der Waals surface area contributed by atoms with Crippen molar-refractivity contribution in [3.8, 4) is 11.5 Å². The molecule has 11 rings (SSSR count). The average Bonchev–Trinajstić information content (AvgIpc) is 1.57. The molecular weight excluding hydrogens is 1880 g/mol. The number of amides is 12. The van der Waals surface area contributed by atoms with Crippen molar-refractivity contribution >= 4 is 155 Å². The third-order valence-electron chi connectivity index (χ3n) is 26.5. The lowest BCUT2D eigenvalue weighted by Crippen LogP contribution is -2.63. The first-order chi connectivity index (χ1) is 66.7. The van der Waals surface area contributed by atoms with E-state index in [2.05, 4.69) is 52.8 Å². The van der Waals surface area contributed by atoms with Crippen molar-refractivity contribution in [3.63, 3.8) is 0 Å². The maximum Gasteiger partial charge on any atom is 0.409 e. The molecule has 5 aromatic rings. The Balaban J connectivity index is 0.769. The first-order valence-corrected chi connectivity index (χ1v) is 50.9. The van der Waals surface area contributed by atoms with Crippen molar-refractivity contribution in [2.24, 2.45) is 40.1 Å². The molecule has 5 aromatic carbocycles. The lowest BCUT2D eigenvalue weighted by atomic mass is 9.82. The number of halogens is 1. The number of fused-ring (bicyclic) bond motifs is 7. The number of esters is 1. The maximum absolute atomic E-state index is 15.5. The molecule has 2 aliphatic carbocycles. The number of benzene rings is 5. The molecule has 0 radical (unpaired) electrons. The second kappa shape index (κ2) is 50.3. The number of methoxy groups -OCH3 is 2. The number of anilines is 1. The number of nitrogens with two attached hydrogens (primary N) is 2. The summed E-state index contributed by atoms with van der Waals surface area (Å²) in [6, 6.07) is 16.7. The number of likely N-dealkylation sites (N-methyl/N-ethyl adjacent to an activating group) is 1. The number of hydrogen-bond acceptors (Lipinski definition) is 27. The van der Waals surface area contributed by atoms with E-state index in [0.717, 1.165) is 72.6 Å². The molecule has 756 valence electrons. The smallest absolute Gasteiger partial charge is 0.409 e. The number of phenols is 1. The van der Waals surface area contributed by atoms with Crippen LogP contribution in [0.15, 0.2) is 138 Å². The zero-order valence-corrected chi connectivity index (χ0v) is 83.6. The van der Waals surface area contributed by atoms with Gasteiger partial charge in [0.25, 0.3) is 5.91 Å². The summed E-state index contributed by atoms with van der Waals surface area (Å²) in [6.45, 7) is 11.7. The first kappa shape index (κ1) is 109. The molecule has 17 atom stereocenters. The highest BCUT2D eigenvalue weighted by molar-refractivity contribution is 8.76. The number of ether oxygens (including phenoxy) is 5. The number of alkyl carbamates (subject to hydrolysis) is 1. The molecule has 4 aliphatic heterocycles. The van der Waals surface area contributed by atoms with Crippen LogP contribution >= 0.6 is 45.0 Å². The van der Waals surface area contributed by atoms with Gasteiger partial charge < -0.3 is 103 Å². The lowest BCUT2D eigenvalue weighted by Gasteiger charge is -2.42. The summed E-state index contributed by atoms with van der Waals surface area (Å²) in [5.74, 6) is -12.0. The van der Waals surface area contributed by atoms with E-state index in [9.17, 15) is 63.3 Å². The molecule has 4 bridgehead atoms. The van der Waals surface area contributed by atoms with Crippen LogP contribution in [-0.2, 0) is 107 Å². The van der Waals surface area contributed by atoms with Crippen LogP contribution in [0.2, 0.25) is 5.02 Å². The van der Waals surface area contributed by atoms with Crippen LogP contribution in [0, 0.1) is 23.7 Å². The van der Waals surface area contributed by atoms with E-state index in [0.29, 0.717) is 79.5 Å². The zero-order valence-electron chi connectivity index (χ0n) is 80.4. The van der Waals surface area contributed by atoms with E-state index in [1.807, 2.05) is 79.7 Å². The van der Waals surface area contributed by atoms with Crippen molar-refractivity contribution in [1.82, 2.24) is 52.8 Å². The Kier molecular flexibility index (Phi) is 39.1. The number of thioether (sulfide) groups is 1. The molecule has 16 N–H and O–H groups in total. The fourth-order valence-corrected chi connectivity index (χ4v) is 21.4. The summed E-state index contributed by atoms with van der Waals surface area (Å²) in [5, 5.41) is 59.4. The Morgan fingerprint density at radius 2 is 1.49 bits per heavy atom. The Morgan fingerprint density at radius 3 is 2.18 bits per heavy atom. The van der Waals surface area contributed by atoms with Crippen LogP contribution < -0.4 is 69.0 Å². The van der Waals surface area contributed by atoms with Crippen molar-refractivity contribution < 1.29 is 106 Å². The maximum atomic E-state index is 15.5. The third kappa shape index (κ3) is 29.2. The van der Waals surface area contributed by atoms with Gasteiger partial charge >= 0.3 is 12.1 Å². The molecule has 0 unspecified atom stereocenters. The zero-order chi connectivity index (χ0) is 102. The average molecular weight is 2010 g/mol. The number of carbonyl (C=O) groups excluding carboxylic acids is 14. The monoisotopic (exact) mass is 2010 g/mol. The number of nitrogens with zero attached hydrogens (tertiary/aromatic N) is 3. The van der Waals surface area contributed by atoms with E-state index in [1.165, 1.54) is 76.2 Å². The summed E-state index contributed by atoms with van der Waals surface area (Å²) in [5.41, 5.74) is 13.6. The van der Waals surface area contributed by atoms with E-state index < -0.39 is 192 Å². The molecule has 0 aromatic heterocycles. The number of phenolic OH excluding ortho intramolecular Hbond substituents is 1. The van der Waals surface area contributed by atoms with Gasteiger partial charge in [0.05, 0.1) is 37.6 Å². The van der Waals surface area contributed by atoms with Gasteiger partial charge in [0.1, 0.15) is 94.8 Å². The quantitative estimate of drug-likeness (QED) is 0.00783. The number of aliphatic hydroxyl groups excluding tert-OH is 1. The van der Waals surface area contributed by atoms with E-state index in [4.69, 9.17) is 46.8 Å². The topological polar surface area (TPSA) is 528 Å². The van der Waals surface area contributed by atoms with Gasteiger partial charge in [0, 0.05) is 88.9 Å². The third-order valence-corrected chi connectivity index (χ3v) is 30.3. The van der Waals surface area contributed by atoms with Gasteiger partial charge in [-0.25, -0.2) is 9.59 Å². The van der Waals surface area contributed by atoms with E-state index in [-0.39, 0.29) is 96.6 Å². The van der Waals surface area contributed by atoms with Gasteiger partial charge in [0.15, 0.2) is 10.8 Å². The highest BCUT2D eigenvalue weighted by Crippen LogP contribution is 2.50. The SMILES string of the molecule is COc1cc2cc(c1Cl)N(C)C(=O)C[C@H](OC(=O)[C@H](C)N(C)C(=O)CCSC(=O)C1CCC(CNC(=O)C=N[C@H](Cc3ccc4ccccc4c3)C(=O)N[C@H]3CSSC[C@H](C(=O)N[C@H](C(N)=O)[C@@H](C)O)NC(=O)[C@H](C(C)C)NC(=O)[C@H](CCCCN)NC(=O)[C@@H](CC4=CCc5ccccc54)NC(=O)[C@H](Cc4ccc(O)cc4)NC3=O)CC1)[C@]1(C)O[C@H]1[C@H](C)[C@@H]1C[C@@](O)(NC(=O)O1)[C@H](OC)/C=C/C=C(\C)C2. The number of hydrogen-bond donors (Lipinski definition) is 14. The highest BCUT2D eigenvalue weighted by atomic mass is 35.5. The van der Waals surface area contributed by atoms with Crippen molar-refractivity contribution in [1.29, 1.82) is 0 Å². The summed E-state index contributed by atoms with van der Waals surface area (Å²) >= 11 is 7.89. The molecule has 3 saturated heterocycles. The molecule has 4 heterocycles. The Hall–Kier alpha value is -11.4. The predicted octanol–water partition coefficient (Wildman–Crippen LogP) is 6.34. The van der Waals surface area contributed by atoms with Crippen LogP contribution in [0.4, 0.5) is 10.5 Å². The molecule has 1 saturated carbocycles. The molecule has 36 nitrogen and oxygen atoms in total. The number of carbonyl (C=O) groups is 14. The fraction of sp³-hybridized carbons (Fsp3) is 0.510. The van der Waals surface area contributed by atoms with Gasteiger partial charge in [-0.1, -0.05) is 174 Å². The molecule has 4 fully saturated rings. The number of epoxide rings is 1. The highest BCUT2D eigenvalue weighted by Gasteiger charge is 2.65. The minimum absolute atomic E-state index is 0.0173. The molecular formula is C100H129ClN14O22S3. The van der Waals surface area contributed by atoms with Crippen LogP contribution in [0.25, 0.3) is 16.3 Å². The molecule has 12 amide bonds. The van der Waals surface area contributed by atoms with Crippen LogP contribution in [0.3, 0.4) is 0 Å². The number of nitrogens with one attached hydrogen (secondary N) is 9. The van der Waals surface area contributed by atoms with E-state index >= 15 is 19.2 Å². The van der Waals surface area contributed by atoms with Crippen molar-refractivity contribution in [2.75, 3.05) is 63.6 Å². The van der Waals surface area contributed by atoms with Crippen LogP contribution in [0.5, 0.6) is 11.5 Å². The van der Waals surface area contributed by atoms with Crippen molar-refractivity contribution in [2.45, 2.75) is 241 Å². The lowest BCUT2D eigenvalue weighted by molar-refractivity contribution is -0.162. The number of unbranched alkanes of at least 4 members (excludes halogenated alkanes) is 1. The second-order valence-electron chi connectivity index (χ2n) is 37.1. The molecule has 140 heavy (non-hydrogen) atoms. The number of aliphatic hydroxyl groups is 2. The minimum Gasteiger partial charge on any atom is -0.508 e. The first-order valence-electron chi connectivity index (χ1n) is 47.1. The van der Waals surface area contributed by atoms with Crippen LogP contribution in [0.1, 0.15) is 147 Å². The Labute approximate surface area is 831 Å². The second-order valence-corrected chi connectivity index (χ2v) is 41.2. The van der Waals surface area contributed by atoms with Crippen molar-refractivity contribution in [3.05, 3.63) is 166 Å².